The lowest BCUT2D eigenvalue weighted by Gasteiger charge is -2.31. The van der Waals surface area contributed by atoms with Gasteiger partial charge in [-0.05, 0) is 25.0 Å². The molecular formula is C17H17N3O3S2. The standard InChI is InChI=1S/C17H17N3O3S2/c21-14(9-13-15(22)19-17(23)25-13)20-7-5-10(6-8-20)16-18-11-3-1-2-4-12(11)24-16/h1-4,10,13H,5-9H2,(H,19,22,23)/t13-/m1/s1. The number of likely N-dealkylation sites (tertiary alicyclic amines) is 1. The number of nitrogens with one attached hydrogen (secondary N) is 1. The summed E-state index contributed by atoms with van der Waals surface area (Å²) in [5.74, 6) is -0.0232. The van der Waals surface area contributed by atoms with Crippen molar-refractivity contribution in [2.75, 3.05) is 13.1 Å². The molecule has 3 heterocycles. The van der Waals surface area contributed by atoms with E-state index in [9.17, 15) is 14.4 Å². The average molecular weight is 375 g/mol. The van der Waals surface area contributed by atoms with E-state index in [0.717, 1.165) is 35.1 Å². The molecule has 1 aromatic carbocycles. The predicted molar refractivity (Wildman–Crippen MR) is 97.7 cm³/mol. The highest BCUT2D eigenvalue weighted by molar-refractivity contribution is 8.15. The van der Waals surface area contributed by atoms with Crippen LogP contribution >= 0.6 is 23.1 Å². The summed E-state index contributed by atoms with van der Waals surface area (Å²) in [6, 6.07) is 8.13. The molecule has 1 atom stereocenters. The number of nitrogens with zero attached hydrogens (tertiary/aromatic N) is 2. The molecular weight excluding hydrogens is 358 g/mol. The summed E-state index contributed by atoms with van der Waals surface area (Å²) >= 11 is 2.64. The molecule has 0 spiro atoms. The molecule has 2 fully saturated rings. The van der Waals surface area contributed by atoms with Crippen molar-refractivity contribution in [1.29, 1.82) is 0 Å². The van der Waals surface area contributed by atoms with Gasteiger partial charge in [0.05, 0.1) is 15.2 Å². The van der Waals surface area contributed by atoms with Crippen LogP contribution in [0.1, 0.15) is 30.2 Å². The topological polar surface area (TPSA) is 79.4 Å². The van der Waals surface area contributed by atoms with Crippen molar-refractivity contribution in [3.05, 3.63) is 29.3 Å². The molecule has 8 heteroatoms. The molecule has 2 aromatic rings. The van der Waals surface area contributed by atoms with Crippen LogP contribution in [0.5, 0.6) is 0 Å². The van der Waals surface area contributed by atoms with Crippen LogP contribution in [-0.4, -0.2) is 45.3 Å². The Morgan fingerprint density at radius 2 is 2.00 bits per heavy atom. The van der Waals surface area contributed by atoms with Crippen molar-refractivity contribution in [1.82, 2.24) is 15.2 Å². The van der Waals surface area contributed by atoms with Crippen LogP contribution in [0.4, 0.5) is 4.79 Å². The average Bonchev–Trinajstić information content (AvgIpc) is 3.18. The summed E-state index contributed by atoms with van der Waals surface area (Å²) in [4.78, 5) is 41.7. The number of benzene rings is 1. The second-order valence-electron chi connectivity index (χ2n) is 6.26. The van der Waals surface area contributed by atoms with E-state index in [0.29, 0.717) is 19.0 Å². The highest BCUT2D eigenvalue weighted by Crippen LogP contribution is 2.34. The number of fused-ring (bicyclic) bond motifs is 1. The van der Waals surface area contributed by atoms with E-state index in [2.05, 4.69) is 11.4 Å². The van der Waals surface area contributed by atoms with Gasteiger partial charge in [-0.25, -0.2) is 4.98 Å². The van der Waals surface area contributed by atoms with E-state index in [1.807, 2.05) is 18.2 Å². The van der Waals surface area contributed by atoms with E-state index in [-0.39, 0.29) is 23.5 Å². The molecule has 0 radical (unpaired) electrons. The Morgan fingerprint density at radius 1 is 1.24 bits per heavy atom. The summed E-state index contributed by atoms with van der Waals surface area (Å²) in [6.07, 6.45) is 1.86. The summed E-state index contributed by atoms with van der Waals surface area (Å²) < 4.78 is 1.20. The molecule has 2 saturated heterocycles. The molecule has 0 aliphatic carbocycles. The van der Waals surface area contributed by atoms with Gasteiger partial charge in [-0.3, -0.25) is 19.7 Å². The first-order valence-corrected chi connectivity index (χ1v) is 9.94. The minimum atomic E-state index is -0.581. The number of thiazole rings is 1. The van der Waals surface area contributed by atoms with Gasteiger partial charge in [0.1, 0.15) is 5.25 Å². The Labute approximate surface area is 153 Å². The Hall–Kier alpha value is -1.93. The Morgan fingerprint density at radius 3 is 2.68 bits per heavy atom. The highest BCUT2D eigenvalue weighted by Gasteiger charge is 2.35. The lowest BCUT2D eigenvalue weighted by Crippen LogP contribution is -2.40. The van der Waals surface area contributed by atoms with Gasteiger partial charge in [0.2, 0.25) is 11.8 Å². The molecule has 6 nitrogen and oxygen atoms in total. The molecule has 0 bridgehead atoms. The number of para-hydroxylation sites is 1. The molecule has 3 amide bonds. The van der Waals surface area contributed by atoms with Crippen molar-refractivity contribution in [2.24, 2.45) is 0 Å². The highest BCUT2D eigenvalue weighted by atomic mass is 32.2. The van der Waals surface area contributed by atoms with Gasteiger partial charge in [0.15, 0.2) is 0 Å². The SMILES string of the molecule is O=C1NC(=O)[C@@H](CC(=O)N2CCC(c3nc4ccccc4s3)CC2)S1. The number of piperidine rings is 1. The van der Waals surface area contributed by atoms with Crippen LogP contribution in [0, 0.1) is 0 Å². The normalized spacial score (nSPS) is 21.8. The maximum atomic E-state index is 12.4. The quantitative estimate of drug-likeness (QED) is 0.892. The summed E-state index contributed by atoms with van der Waals surface area (Å²) in [5, 5.41) is 2.42. The Kier molecular flexibility index (Phi) is 4.47. The fourth-order valence-electron chi connectivity index (χ4n) is 3.26. The molecule has 0 unspecified atom stereocenters. The second-order valence-corrected chi connectivity index (χ2v) is 8.50. The lowest BCUT2D eigenvalue weighted by molar-refractivity contribution is -0.133. The fraction of sp³-hybridized carbons (Fsp3) is 0.412. The maximum Gasteiger partial charge on any atom is 0.286 e. The van der Waals surface area contributed by atoms with Crippen LogP contribution in [0.15, 0.2) is 24.3 Å². The van der Waals surface area contributed by atoms with Crippen molar-refractivity contribution in [2.45, 2.75) is 30.4 Å². The summed E-state index contributed by atoms with van der Waals surface area (Å²) in [7, 11) is 0. The van der Waals surface area contributed by atoms with E-state index >= 15 is 0 Å². The number of hydrogen-bond acceptors (Lipinski definition) is 6. The molecule has 130 valence electrons. The Bertz CT molecular complexity index is 810. The van der Waals surface area contributed by atoms with Gasteiger partial charge in [0, 0.05) is 25.4 Å². The molecule has 0 saturated carbocycles. The second kappa shape index (κ2) is 6.76. The zero-order valence-electron chi connectivity index (χ0n) is 13.4. The van der Waals surface area contributed by atoms with E-state index in [1.54, 1.807) is 16.2 Å². The number of hydrogen-bond donors (Lipinski definition) is 1. The van der Waals surface area contributed by atoms with E-state index < -0.39 is 5.25 Å². The lowest BCUT2D eigenvalue weighted by atomic mass is 9.97. The molecule has 1 aromatic heterocycles. The first-order valence-electron chi connectivity index (χ1n) is 8.25. The van der Waals surface area contributed by atoms with Crippen molar-refractivity contribution in [3.63, 3.8) is 0 Å². The van der Waals surface area contributed by atoms with Crippen molar-refractivity contribution < 1.29 is 14.4 Å². The van der Waals surface area contributed by atoms with Crippen molar-refractivity contribution in [3.8, 4) is 0 Å². The smallest absolute Gasteiger partial charge is 0.286 e. The third-order valence-electron chi connectivity index (χ3n) is 4.63. The zero-order chi connectivity index (χ0) is 17.4. The third kappa shape index (κ3) is 3.41. The van der Waals surface area contributed by atoms with Crippen LogP contribution in [0.2, 0.25) is 0 Å². The molecule has 2 aliphatic heterocycles. The van der Waals surface area contributed by atoms with Gasteiger partial charge in [-0.2, -0.15) is 0 Å². The first kappa shape index (κ1) is 16.5. The van der Waals surface area contributed by atoms with Crippen LogP contribution in [0.3, 0.4) is 0 Å². The van der Waals surface area contributed by atoms with Crippen molar-refractivity contribution >= 4 is 50.4 Å². The number of imide groups is 1. The van der Waals surface area contributed by atoms with E-state index in [1.165, 1.54) is 4.70 Å². The third-order valence-corrected chi connectivity index (χ3v) is 6.81. The first-order chi connectivity index (χ1) is 12.1. The number of amides is 3. The zero-order valence-corrected chi connectivity index (χ0v) is 15.1. The number of carbonyl (C=O) groups excluding carboxylic acids is 3. The fourth-order valence-corrected chi connectivity index (χ4v) is 5.20. The maximum absolute atomic E-state index is 12.4. The summed E-state index contributed by atoms with van der Waals surface area (Å²) in [5.41, 5.74) is 1.04. The monoisotopic (exact) mass is 375 g/mol. The van der Waals surface area contributed by atoms with Gasteiger partial charge in [0.25, 0.3) is 5.24 Å². The number of rotatable bonds is 3. The molecule has 2 aliphatic rings. The summed E-state index contributed by atoms with van der Waals surface area (Å²) in [6.45, 7) is 1.35. The van der Waals surface area contributed by atoms with Gasteiger partial charge in [-0.15, -0.1) is 11.3 Å². The molecule has 4 rings (SSSR count). The van der Waals surface area contributed by atoms with Gasteiger partial charge >= 0.3 is 0 Å². The van der Waals surface area contributed by atoms with E-state index in [4.69, 9.17) is 4.98 Å². The number of carbonyl (C=O) groups is 3. The van der Waals surface area contributed by atoms with Crippen LogP contribution < -0.4 is 5.32 Å². The molecule has 25 heavy (non-hydrogen) atoms. The minimum Gasteiger partial charge on any atom is -0.343 e. The van der Waals surface area contributed by atoms with Gasteiger partial charge in [-0.1, -0.05) is 23.9 Å². The number of thioether (sulfide) groups is 1. The van der Waals surface area contributed by atoms with Crippen LogP contribution in [0.25, 0.3) is 10.2 Å². The number of aromatic nitrogens is 1. The Balaban J connectivity index is 1.35. The molecule has 1 N–H and O–H groups in total. The minimum absolute atomic E-state index is 0.0508. The van der Waals surface area contributed by atoms with Crippen LogP contribution in [-0.2, 0) is 9.59 Å². The van der Waals surface area contributed by atoms with Gasteiger partial charge < -0.3 is 4.90 Å². The predicted octanol–water partition coefficient (Wildman–Crippen LogP) is 2.74. The largest absolute Gasteiger partial charge is 0.343 e.